The van der Waals surface area contributed by atoms with Gasteiger partial charge in [0.25, 0.3) is 0 Å². The Morgan fingerprint density at radius 2 is 2.03 bits per heavy atom. The lowest BCUT2D eigenvalue weighted by atomic mass is 9.94. The van der Waals surface area contributed by atoms with Gasteiger partial charge in [-0.15, -0.1) is 11.8 Å². The highest BCUT2D eigenvalue weighted by molar-refractivity contribution is 8.04. The summed E-state index contributed by atoms with van der Waals surface area (Å²) in [6.07, 6.45) is 9.40. The Bertz CT molecular complexity index is 989. The first-order valence-electron chi connectivity index (χ1n) is 12.5. The number of allylic oxidation sites excluding steroid dienone is 1. The molecular weight excluding hydrogens is 451 g/mol. The first kappa shape index (κ1) is 23.6. The number of fused-ring (bicyclic) bond motifs is 1. The monoisotopic (exact) mass is 484 g/mol. The van der Waals surface area contributed by atoms with E-state index in [-0.39, 0.29) is 41.1 Å². The largest absolute Gasteiger partial charge is 0.356 e. The number of nitrogens with zero attached hydrogens (tertiary/aromatic N) is 1. The lowest BCUT2D eigenvalue weighted by molar-refractivity contribution is -0.129. The Labute approximate surface area is 204 Å². The van der Waals surface area contributed by atoms with Gasteiger partial charge in [0.1, 0.15) is 17.4 Å². The van der Waals surface area contributed by atoms with Gasteiger partial charge >= 0.3 is 0 Å². The van der Waals surface area contributed by atoms with Crippen molar-refractivity contribution in [2.75, 3.05) is 19.6 Å². The summed E-state index contributed by atoms with van der Waals surface area (Å²) >= 11 is 1.44. The molecule has 2 fully saturated rings. The number of amides is 2. The molecule has 1 aliphatic carbocycles. The van der Waals surface area contributed by atoms with E-state index in [2.05, 4.69) is 26.9 Å². The second-order valence-electron chi connectivity index (χ2n) is 9.62. The Kier molecular flexibility index (Phi) is 7.37. The molecule has 6 nitrogen and oxygen atoms in total. The van der Waals surface area contributed by atoms with Crippen molar-refractivity contribution < 1.29 is 14.0 Å². The van der Waals surface area contributed by atoms with E-state index in [4.69, 9.17) is 0 Å². The predicted molar refractivity (Wildman–Crippen MR) is 133 cm³/mol. The van der Waals surface area contributed by atoms with Crippen LogP contribution in [0.1, 0.15) is 50.5 Å². The molecule has 0 aromatic heterocycles. The van der Waals surface area contributed by atoms with Crippen LogP contribution < -0.4 is 16.0 Å². The minimum Gasteiger partial charge on any atom is -0.356 e. The molecule has 0 bridgehead atoms. The number of halogens is 1. The summed E-state index contributed by atoms with van der Waals surface area (Å²) in [5.74, 6) is -0.141. The first-order chi connectivity index (χ1) is 16.6. The molecule has 3 unspecified atom stereocenters. The van der Waals surface area contributed by atoms with Gasteiger partial charge in [-0.25, -0.2) is 4.39 Å². The quantitative estimate of drug-likeness (QED) is 0.540. The molecule has 1 aromatic rings. The summed E-state index contributed by atoms with van der Waals surface area (Å²) in [6, 6.07) is 6.48. The highest BCUT2D eigenvalue weighted by Crippen LogP contribution is 2.39. The highest BCUT2D eigenvalue weighted by atomic mass is 32.2. The SMILES string of the molecule is O=C(NCCC1=CCCCC1)C1CCN(C2NC(=O)C3SC=C(c4ccccc4F)C3N2)CC1. The molecule has 8 heteroatoms. The average molecular weight is 485 g/mol. The van der Waals surface area contributed by atoms with Crippen LogP contribution in [-0.2, 0) is 9.59 Å². The molecular formula is C26H33FN4O2S. The van der Waals surface area contributed by atoms with Gasteiger partial charge in [-0.05, 0) is 62.0 Å². The lowest BCUT2D eigenvalue weighted by Gasteiger charge is -2.43. The molecule has 0 radical (unpaired) electrons. The van der Waals surface area contributed by atoms with Gasteiger partial charge in [-0.1, -0.05) is 29.8 Å². The third-order valence-electron chi connectivity index (χ3n) is 7.43. The molecule has 0 saturated carbocycles. The van der Waals surface area contributed by atoms with Gasteiger partial charge in [0.15, 0.2) is 0 Å². The topological polar surface area (TPSA) is 73.5 Å². The minimum absolute atomic E-state index is 0.0135. The van der Waals surface area contributed by atoms with Crippen molar-refractivity contribution >= 4 is 29.1 Å². The van der Waals surface area contributed by atoms with E-state index in [1.165, 1.54) is 49.1 Å². The average Bonchev–Trinajstić information content (AvgIpc) is 3.29. The van der Waals surface area contributed by atoms with E-state index in [9.17, 15) is 14.0 Å². The molecule has 2 amide bonds. The number of piperidine rings is 1. The highest BCUT2D eigenvalue weighted by Gasteiger charge is 2.44. The Balaban J connectivity index is 1.13. The van der Waals surface area contributed by atoms with Gasteiger partial charge in [-0.3, -0.25) is 19.8 Å². The minimum atomic E-state index is -0.315. The summed E-state index contributed by atoms with van der Waals surface area (Å²) in [7, 11) is 0. The molecule has 182 valence electrons. The smallest absolute Gasteiger partial charge is 0.237 e. The fourth-order valence-corrected chi connectivity index (χ4v) is 6.59. The Morgan fingerprint density at radius 1 is 1.21 bits per heavy atom. The molecule has 1 aromatic carbocycles. The molecule has 34 heavy (non-hydrogen) atoms. The van der Waals surface area contributed by atoms with E-state index in [0.717, 1.165) is 44.5 Å². The molecule has 3 heterocycles. The fraction of sp³-hybridized carbons (Fsp3) is 0.538. The molecule has 3 N–H and O–H groups in total. The number of rotatable bonds is 6. The van der Waals surface area contributed by atoms with Gasteiger partial charge < -0.3 is 10.6 Å². The summed E-state index contributed by atoms with van der Waals surface area (Å²) < 4.78 is 14.4. The van der Waals surface area contributed by atoms with Crippen molar-refractivity contribution in [2.24, 2.45) is 5.92 Å². The van der Waals surface area contributed by atoms with E-state index < -0.39 is 0 Å². The van der Waals surface area contributed by atoms with Crippen LogP contribution in [0.15, 0.2) is 41.3 Å². The number of carbonyl (C=O) groups excluding carboxylic acids is 2. The summed E-state index contributed by atoms with van der Waals surface area (Å²) in [5.41, 5.74) is 2.85. The van der Waals surface area contributed by atoms with Crippen molar-refractivity contribution in [1.29, 1.82) is 0 Å². The van der Waals surface area contributed by atoms with Crippen LogP contribution in [0.4, 0.5) is 4.39 Å². The van der Waals surface area contributed by atoms with Crippen LogP contribution in [0.3, 0.4) is 0 Å². The Hall–Kier alpha value is -2.16. The van der Waals surface area contributed by atoms with Crippen LogP contribution in [-0.4, -0.2) is 53.9 Å². The van der Waals surface area contributed by atoms with Gasteiger partial charge in [0.05, 0.1) is 6.04 Å². The van der Waals surface area contributed by atoms with Crippen LogP contribution in [0.2, 0.25) is 0 Å². The standard InChI is InChI=1S/C26H33FN4O2S/c27-21-9-5-4-8-19(21)20-16-34-23-22(20)29-26(30-25(23)33)31-14-11-18(12-15-31)24(32)28-13-10-17-6-2-1-3-7-17/h4-6,8-9,16,18,22-23,26,29H,1-3,7,10-15H2,(H,28,32)(H,30,33). The van der Waals surface area contributed by atoms with Gasteiger partial charge in [0.2, 0.25) is 11.8 Å². The van der Waals surface area contributed by atoms with E-state index in [1.807, 2.05) is 11.5 Å². The number of nitrogens with one attached hydrogen (secondary N) is 3. The second kappa shape index (κ2) is 10.6. The van der Waals surface area contributed by atoms with E-state index in [1.54, 1.807) is 12.1 Å². The first-order valence-corrected chi connectivity index (χ1v) is 13.4. The van der Waals surface area contributed by atoms with Crippen molar-refractivity contribution in [3.05, 3.63) is 52.7 Å². The molecule has 3 atom stereocenters. The fourth-order valence-electron chi connectivity index (χ4n) is 5.45. The maximum atomic E-state index is 14.4. The zero-order chi connectivity index (χ0) is 23.5. The van der Waals surface area contributed by atoms with Gasteiger partial charge in [-0.2, -0.15) is 0 Å². The number of hydrogen-bond donors (Lipinski definition) is 3. The summed E-state index contributed by atoms with van der Waals surface area (Å²) in [4.78, 5) is 27.7. The summed E-state index contributed by atoms with van der Waals surface area (Å²) in [5, 5.41) is 11.4. The molecule has 3 aliphatic heterocycles. The summed E-state index contributed by atoms with van der Waals surface area (Å²) in [6.45, 7) is 2.17. The van der Waals surface area contributed by atoms with Crippen LogP contribution >= 0.6 is 11.8 Å². The van der Waals surface area contributed by atoms with E-state index >= 15 is 0 Å². The number of thioether (sulfide) groups is 1. The number of hydrogen-bond acceptors (Lipinski definition) is 5. The molecule has 2 saturated heterocycles. The van der Waals surface area contributed by atoms with Gasteiger partial charge in [0, 0.05) is 31.1 Å². The number of benzene rings is 1. The number of carbonyl (C=O) groups is 2. The normalized spacial score (nSPS) is 28.0. The molecule has 0 spiro atoms. The van der Waals surface area contributed by atoms with Crippen LogP contribution in [0.5, 0.6) is 0 Å². The van der Waals surface area contributed by atoms with Crippen molar-refractivity contribution in [2.45, 2.75) is 62.5 Å². The van der Waals surface area contributed by atoms with E-state index in [0.29, 0.717) is 5.56 Å². The predicted octanol–water partition coefficient (Wildman–Crippen LogP) is 3.37. The molecule has 5 rings (SSSR count). The van der Waals surface area contributed by atoms with Crippen molar-refractivity contribution in [3.63, 3.8) is 0 Å². The van der Waals surface area contributed by atoms with Crippen LogP contribution in [0.25, 0.3) is 5.57 Å². The maximum Gasteiger partial charge on any atom is 0.237 e. The zero-order valence-corrected chi connectivity index (χ0v) is 20.2. The van der Waals surface area contributed by atoms with Crippen LogP contribution in [0, 0.1) is 11.7 Å². The van der Waals surface area contributed by atoms with Crippen molar-refractivity contribution in [3.8, 4) is 0 Å². The second-order valence-corrected chi connectivity index (χ2v) is 10.6. The zero-order valence-electron chi connectivity index (χ0n) is 19.4. The molecule has 4 aliphatic rings. The number of likely N-dealkylation sites (tertiary alicyclic amines) is 1. The van der Waals surface area contributed by atoms with Crippen molar-refractivity contribution in [1.82, 2.24) is 20.9 Å². The Morgan fingerprint density at radius 3 is 2.79 bits per heavy atom. The third kappa shape index (κ3) is 5.09. The maximum absolute atomic E-state index is 14.4. The lowest BCUT2D eigenvalue weighted by Crippen LogP contribution is -2.68. The third-order valence-corrected chi connectivity index (χ3v) is 8.60.